The average Bonchev–Trinajstić information content (AvgIpc) is 3.67. The second kappa shape index (κ2) is 18.9. The highest BCUT2D eigenvalue weighted by Crippen LogP contribution is 2.23. The maximum Gasteiger partial charge on any atom is 0.111 e. The number of benzene rings is 3. The first kappa shape index (κ1) is 44.1. The van der Waals surface area contributed by atoms with Crippen molar-refractivity contribution >= 4 is 0 Å². The highest BCUT2D eigenvalue weighted by Gasteiger charge is 2.17. The second-order valence-electron chi connectivity index (χ2n) is 18.2. The fourth-order valence-electron chi connectivity index (χ4n) is 4.42. The van der Waals surface area contributed by atoms with Crippen LogP contribution in [0, 0.1) is 6.92 Å². The fourth-order valence-corrected chi connectivity index (χ4v) is 4.42. The number of aromatic nitrogens is 4. The normalized spacial score (nSPS) is 11.7. The molecule has 0 saturated heterocycles. The molecule has 0 spiro atoms. The molecule has 274 valence electrons. The SMILES string of the molecule is CC(C)(C)c1ccccc1.CC(C)(C)c1ccccc1.CC(C)(C)c1ccccc1.Cc1cnc(C(C)(C)C)[nH]1.Cn1cc(C(C)(C)C)cn1. The van der Waals surface area contributed by atoms with Crippen LogP contribution in [0.1, 0.15) is 138 Å². The smallest absolute Gasteiger partial charge is 0.111 e. The van der Waals surface area contributed by atoms with Crippen molar-refractivity contribution in [1.29, 1.82) is 0 Å². The van der Waals surface area contributed by atoms with E-state index in [1.54, 1.807) is 0 Å². The van der Waals surface area contributed by atoms with Crippen LogP contribution in [0.3, 0.4) is 0 Å². The molecule has 0 atom stereocenters. The Morgan fingerprint density at radius 1 is 0.440 bits per heavy atom. The van der Waals surface area contributed by atoms with Crippen LogP contribution >= 0.6 is 0 Å². The van der Waals surface area contributed by atoms with E-state index in [-0.39, 0.29) is 10.8 Å². The van der Waals surface area contributed by atoms with Gasteiger partial charge in [-0.15, -0.1) is 0 Å². The van der Waals surface area contributed by atoms with Crippen LogP contribution in [0.2, 0.25) is 0 Å². The Morgan fingerprint density at radius 2 is 0.760 bits per heavy atom. The molecule has 0 aliphatic carbocycles. The summed E-state index contributed by atoms with van der Waals surface area (Å²) in [6.07, 6.45) is 5.83. The molecule has 0 radical (unpaired) electrons. The molecule has 2 heterocycles. The largest absolute Gasteiger partial charge is 0.346 e. The maximum absolute atomic E-state index is 4.23. The summed E-state index contributed by atoms with van der Waals surface area (Å²) in [6, 6.07) is 31.7. The molecule has 1 N–H and O–H groups in total. The molecule has 5 aromatic rings. The lowest BCUT2D eigenvalue weighted by Crippen LogP contribution is -2.13. The molecule has 4 nitrogen and oxygen atoms in total. The van der Waals surface area contributed by atoms with Crippen LogP contribution in [-0.2, 0) is 34.1 Å². The van der Waals surface area contributed by atoms with Gasteiger partial charge in [0.05, 0.1) is 6.20 Å². The van der Waals surface area contributed by atoms with Crippen molar-refractivity contribution < 1.29 is 0 Å². The van der Waals surface area contributed by atoms with Crippen LogP contribution in [0.4, 0.5) is 0 Å². The molecule has 0 aliphatic heterocycles. The third kappa shape index (κ3) is 17.7. The minimum Gasteiger partial charge on any atom is -0.346 e. The van der Waals surface area contributed by atoms with Gasteiger partial charge >= 0.3 is 0 Å². The molecule has 0 amide bonds. The Hall–Kier alpha value is -3.92. The van der Waals surface area contributed by atoms with Crippen molar-refractivity contribution in [2.75, 3.05) is 0 Å². The van der Waals surface area contributed by atoms with E-state index in [9.17, 15) is 0 Å². The predicted octanol–water partition coefficient (Wildman–Crippen LogP) is 12.7. The second-order valence-corrected chi connectivity index (χ2v) is 18.2. The number of aryl methyl sites for hydroxylation is 2. The summed E-state index contributed by atoms with van der Waals surface area (Å²) in [7, 11) is 1.94. The minimum absolute atomic E-state index is 0.147. The van der Waals surface area contributed by atoms with E-state index in [1.165, 1.54) is 22.3 Å². The van der Waals surface area contributed by atoms with E-state index in [4.69, 9.17) is 0 Å². The summed E-state index contributed by atoms with van der Waals surface area (Å²) < 4.78 is 1.83. The third-order valence-electron chi connectivity index (χ3n) is 7.90. The standard InChI is InChI=1S/3C10H14.2C8H14N2/c3*1-10(2,3)9-7-5-4-6-8-9;1-8(2,3)7-5-9-10(4)6-7;1-6-5-9-7(10-6)8(2,3)4/h3*4-8H,1-3H3;5-6H,1-4H3;5H,1-4H3,(H,9,10). The summed E-state index contributed by atoms with van der Waals surface area (Å²) in [6.45, 7) is 35.0. The van der Waals surface area contributed by atoms with Gasteiger partial charge in [0.2, 0.25) is 0 Å². The summed E-state index contributed by atoms with van der Waals surface area (Å²) in [5.41, 5.74) is 7.87. The van der Waals surface area contributed by atoms with Gasteiger partial charge in [0.25, 0.3) is 0 Å². The quantitative estimate of drug-likeness (QED) is 0.177. The number of H-pyrrole nitrogens is 1. The Bertz CT molecular complexity index is 1420. The van der Waals surface area contributed by atoms with Crippen LogP contribution in [0.25, 0.3) is 0 Å². The van der Waals surface area contributed by atoms with Crippen molar-refractivity contribution in [3.05, 3.63) is 143 Å². The average molecular weight is 679 g/mol. The lowest BCUT2D eigenvalue weighted by molar-refractivity contribution is 0.552. The maximum atomic E-state index is 4.23. The van der Waals surface area contributed by atoms with Gasteiger partial charge in [-0.25, -0.2) is 4.98 Å². The number of aromatic amines is 1. The molecule has 0 aliphatic rings. The van der Waals surface area contributed by atoms with Gasteiger partial charge in [-0.1, -0.05) is 195 Å². The van der Waals surface area contributed by atoms with Gasteiger partial charge in [-0.2, -0.15) is 5.10 Å². The van der Waals surface area contributed by atoms with Crippen molar-refractivity contribution in [1.82, 2.24) is 19.7 Å². The van der Waals surface area contributed by atoms with E-state index < -0.39 is 0 Å². The van der Waals surface area contributed by atoms with Crippen molar-refractivity contribution in [3.63, 3.8) is 0 Å². The number of rotatable bonds is 0. The fraction of sp³-hybridized carbons (Fsp3) is 0.478. The molecule has 0 saturated carbocycles. The number of hydrogen-bond donors (Lipinski definition) is 1. The number of imidazole rings is 1. The van der Waals surface area contributed by atoms with E-state index in [0.717, 1.165) is 11.5 Å². The highest BCUT2D eigenvalue weighted by molar-refractivity contribution is 5.23. The Kier molecular flexibility index (Phi) is 16.7. The summed E-state index contributed by atoms with van der Waals surface area (Å²) in [5, 5.41) is 4.10. The molecule has 50 heavy (non-hydrogen) atoms. The van der Waals surface area contributed by atoms with Crippen LogP contribution in [0.15, 0.2) is 110 Å². The number of nitrogens with one attached hydrogen (secondary N) is 1. The molecule has 2 aromatic heterocycles. The molecule has 0 bridgehead atoms. The van der Waals surface area contributed by atoms with Gasteiger partial charge < -0.3 is 4.98 Å². The van der Waals surface area contributed by atoms with Gasteiger partial charge in [0.1, 0.15) is 5.82 Å². The Morgan fingerprint density at radius 3 is 0.900 bits per heavy atom. The molecule has 4 heteroatoms. The molecule has 3 aromatic carbocycles. The number of hydrogen-bond acceptors (Lipinski definition) is 2. The van der Waals surface area contributed by atoms with Gasteiger partial charge in [0, 0.05) is 30.6 Å². The lowest BCUT2D eigenvalue weighted by Gasteiger charge is -2.18. The highest BCUT2D eigenvalue weighted by atomic mass is 15.2. The third-order valence-corrected chi connectivity index (χ3v) is 7.90. The molecule has 0 unspecified atom stereocenters. The lowest BCUT2D eigenvalue weighted by atomic mass is 9.87. The van der Waals surface area contributed by atoms with E-state index in [0.29, 0.717) is 16.2 Å². The zero-order valence-electron chi connectivity index (χ0n) is 34.7. The molecule has 5 rings (SSSR count). The summed E-state index contributed by atoms with van der Waals surface area (Å²) in [4.78, 5) is 7.44. The van der Waals surface area contributed by atoms with E-state index >= 15 is 0 Å². The van der Waals surface area contributed by atoms with Gasteiger partial charge in [-0.05, 0) is 50.8 Å². The van der Waals surface area contributed by atoms with Crippen LogP contribution in [-0.4, -0.2) is 19.7 Å². The summed E-state index contributed by atoms with van der Waals surface area (Å²) >= 11 is 0. The first-order valence-electron chi connectivity index (χ1n) is 18.0. The topological polar surface area (TPSA) is 46.5 Å². The molecule has 0 fully saturated rings. The summed E-state index contributed by atoms with van der Waals surface area (Å²) in [5.74, 6) is 1.06. The van der Waals surface area contributed by atoms with Crippen LogP contribution < -0.4 is 0 Å². The first-order valence-corrected chi connectivity index (χ1v) is 18.0. The minimum atomic E-state index is 0.147. The molecular weight excluding hydrogens is 609 g/mol. The Balaban J connectivity index is 0.000000312. The van der Waals surface area contributed by atoms with E-state index in [2.05, 4.69) is 216 Å². The zero-order chi connectivity index (χ0) is 38.4. The Labute approximate surface area is 307 Å². The zero-order valence-corrected chi connectivity index (χ0v) is 34.7. The monoisotopic (exact) mass is 679 g/mol. The van der Waals surface area contributed by atoms with Crippen LogP contribution in [0.5, 0.6) is 0 Å². The van der Waals surface area contributed by atoms with Crippen molar-refractivity contribution in [2.45, 2.75) is 138 Å². The van der Waals surface area contributed by atoms with Crippen molar-refractivity contribution in [3.8, 4) is 0 Å². The first-order chi connectivity index (χ1) is 22.8. The van der Waals surface area contributed by atoms with Crippen molar-refractivity contribution in [2.24, 2.45) is 7.05 Å². The van der Waals surface area contributed by atoms with E-state index in [1.807, 2.05) is 31.0 Å². The van der Waals surface area contributed by atoms with Gasteiger partial charge in [-0.3, -0.25) is 4.68 Å². The van der Waals surface area contributed by atoms with Gasteiger partial charge in [0.15, 0.2) is 0 Å². The number of nitrogens with zero attached hydrogens (tertiary/aromatic N) is 3. The molecular formula is C46H70N4. The predicted molar refractivity (Wildman–Crippen MR) is 219 cm³/mol.